The van der Waals surface area contributed by atoms with E-state index in [1.54, 1.807) is 12.3 Å². The van der Waals surface area contributed by atoms with Crippen LogP contribution in [0.1, 0.15) is 41.4 Å². The Bertz CT molecular complexity index is 1080. The summed E-state index contributed by atoms with van der Waals surface area (Å²) in [5.74, 6) is 0.330. The molecule has 2 aromatic heterocycles. The molecule has 1 aromatic carbocycles. The molecular weight excluding hydrogens is 426 g/mol. The lowest BCUT2D eigenvalue weighted by Gasteiger charge is -2.23. The van der Waals surface area contributed by atoms with E-state index < -0.39 is 11.6 Å². The molecule has 1 aliphatic rings. The van der Waals surface area contributed by atoms with Crippen LogP contribution in [0.25, 0.3) is 5.65 Å². The molecule has 0 saturated carbocycles. The number of hydrogen-bond donors (Lipinski definition) is 3. The molecule has 0 spiro atoms. The summed E-state index contributed by atoms with van der Waals surface area (Å²) in [5, 5.41) is 16.6. The van der Waals surface area contributed by atoms with Crippen LogP contribution in [0.5, 0.6) is 5.75 Å². The molecule has 0 fully saturated rings. The van der Waals surface area contributed by atoms with Crippen LogP contribution in [-0.2, 0) is 6.42 Å². The third kappa shape index (κ3) is 3.20. The maximum absolute atomic E-state index is 11.3. The Morgan fingerprint density at radius 1 is 1.54 bits per heavy atom. The van der Waals surface area contributed by atoms with Gasteiger partial charge in [-0.1, -0.05) is 15.9 Å². The van der Waals surface area contributed by atoms with Crippen LogP contribution < -0.4 is 15.8 Å². The number of benzene rings is 1. The van der Waals surface area contributed by atoms with Gasteiger partial charge in [0.25, 0.3) is 0 Å². The Labute approximate surface area is 169 Å². The van der Waals surface area contributed by atoms with Gasteiger partial charge in [-0.2, -0.15) is 5.10 Å². The Kier molecular flexibility index (Phi) is 4.51. The number of rotatable bonds is 5. The molecule has 4 N–H and O–H groups in total. The van der Waals surface area contributed by atoms with Crippen molar-refractivity contribution in [2.24, 2.45) is 5.73 Å². The van der Waals surface area contributed by atoms with E-state index in [1.807, 2.05) is 19.9 Å². The number of ether oxygens (including phenoxy) is 1. The van der Waals surface area contributed by atoms with E-state index in [0.29, 0.717) is 12.4 Å². The molecule has 4 rings (SSSR count). The SMILES string of the molecule is C[C@@H](Nc1ccn2ncc(C(=O)O)c2n1)c1cc(Br)cc2c1OC(C)(CN)C2. The molecule has 3 heterocycles. The lowest BCUT2D eigenvalue weighted by molar-refractivity contribution is 0.0698. The fraction of sp³-hybridized carbons (Fsp3) is 0.316. The van der Waals surface area contributed by atoms with Gasteiger partial charge in [-0.3, -0.25) is 0 Å². The Morgan fingerprint density at radius 2 is 2.32 bits per heavy atom. The summed E-state index contributed by atoms with van der Waals surface area (Å²) in [7, 11) is 0. The molecule has 0 bridgehead atoms. The molecule has 8 nitrogen and oxygen atoms in total. The summed E-state index contributed by atoms with van der Waals surface area (Å²) >= 11 is 3.57. The van der Waals surface area contributed by atoms with Crippen LogP contribution in [-0.4, -0.2) is 37.8 Å². The Hall–Kier alpha value is -2.65. The second-order valence-electron chi connectivity index (χ2n) is 7.23. The van der Waals surface area contributed by atoms with Crippen molar-refractivity contribution in [3.8, 4) is 5.75 Å². The highest BCUT2D eigenvalue weighted by Gasteiger charge is 2.36. The molecule has 3 aromatic rings. The summed E-state index contributed by atoms with van der Waals surface area (Å²) in [6, 6.07) is 5.70. The molecule has 0 radical (unpaired) electrons. The quantitative estimate of drug-likeness (QED) is 0.552. The minimum absolute atomic E-state index is 0.0571. The number of carbonyl (C=O) groups is 1. The predicted octanol–water partition coefficient (Wildman–Crippen LogP) is 3.02. The highest BCUT2D eigenvalue weighted by molar-refractivity contribution is 9.10. The first-order valence-electron chi connectivity index (χ1n) is 8.85. The molecule has 0 saturated heterocycles. The number of anilines is 1. The van der Waals surface area contributed by atoms with Crippen LogP contribution in [0, 0.1) is 0 Å². The average Bonchev–Trinajstić information content (AvgIpc) is 3.21. The molecule has 28 heavy (non-hydrogen) atoms. The summed E-state index contributed by atoms with van der Waals surface area (Å²) in [5.41, 5.74) is 7.92. The van der Waals surface area contributed by atoms with Crippen LogP contribution >= 0.6 is 15.9 Å². The van der Waals surface area contributed by atoms with Gasteiger partial charge in [0.15, 0.2) is 5.65 Å². The lowest BCUT2D eigenvalue weighted by Crippen LogP contribution is -2.39. The number of carboxylic acid groups (broad SMARTS) is 1. The number of nitrogens with zero attached hydrogens (tertiary/aromatic N) is 3. The van der Waals surface area contributed by atoms with Crippen molar-refractivity contribution in [1.82, 2.24) is 14.6 Å². The van der Waals surface area contributed by atoms with E-state index >= 15 is 0 Å². The first-order valence-corrected chi connectivity index (χ1v) is 9.64. The van der Waals surface area contributed by atoms with Crippen molar-refractivity contribution in [3.63, 3.8) is 0 Å². The number of aromatic carboxylic acids is 1. The molecule has 2 atom stereocenters. The number of nitrogens with two attached hydrogens (primary N) is 1. The van der Waals surface area contributed by atoms with Gasteiger partial charge in [0.05, 0.1) is 12.2 Å². The molecule has 0 aliphatic carbocycles. The van der Waals surface area contributed by atoms with Gasteiger partial charge < -0.3 is 20.9 Å². The Morgan fingerprint density at radius 3 is 3.04 bits per heavy atom. The highest BCUT2D eigenvalue weighted by atomic mass is 79.9. The van der Waals surface area contributed by atoms with Gasteiger partial charge in [-0.25, -0.2) is 14.3 Å². The summed E-state index contributed by atoms with van der Waals surface area (Å²) < 4.78 is 8.60. The summed E-state index contributed by atoms with van der Waals surface area (Å²) in [6.07, 6.45) is 3.72. The van der Waals surface area contributed by atoms with Crippen molar-refractivity contribution in [1.29, 1.82) is 0 Å². The largest absolute Gasteiger partial charge is 0.485 e. The molecule has 0 amide bonds. The van der Waals surface area contributed by atoms with Gasteiger partial charge in [0, 0.05) is 29.2 Å². The molecule has 1 unspecified atom stereocenters. The number of fused-ring (bicyclic) bond motifs is 2. The van der Waals surface area contributed by atoms with Crippen LogP contribution in [0.2, 0.25) is 0 Å². The van der Waals surface area contributed by atoms with E-state index in [4.69, 9.17) is 10.5 Å². The first kappa shape index (κ1) is 18.7. The average molecular weight is 446 g/mol. The van der Waals surface area contributed by atoms with Gasteiger partial charge in [0.1, 0.15) is 22.7 Å². The fourth-order valence-corrected chi connectivity index (χ4v) is 3.97. The monoisotopic (exact) mass is 445 g/mol. The van der Waals surface area contributed by atoms with Crippen molar-refractivity contribution < 1.29 is 14.6 Å². The molecule has 9 heteroatoms. The zero-order valence-corrected chi connectivity index (χ0v) is 17.0. The van der Waals surface area contributed by atoms with Gasteiger partial charge in [0.2, 0.25) is 0 Å². The van der Waals surface area contributed by atoms with Gasteiger partial charge in [-0.05, 0) is 37.6 Å². The van der Waals surface area contributed by atoms with Crippen molar-refractivity contribution >= 4 is 33.4 Å². The van der Waals surface area contributed by atoms with Crippen molar-refractivity contribution in [2.45, 2.75) is 31.9 Å². The topological polar surface area (TPSA) is 115 Å². The van der Waals surface area contributed by atoms with E-state index in [1.165, 1.54) is 10.7 Å². The standard InChI is InChI=1S/C19H20BrN5O3/c1-10(13-6-12(20)5-11-7-19(2,9-21)28-16(11)13)23-15-3-4-25-17(24-15)14(8-22-25)18(26)27/h3-6,8,10H,7,9,21H2,1-2H3,(H,23,24)(H,26,27)/t10-,19?/m1/s1. The minimum atomic E-state index is -1.06. The smallest absolute Gasteiger partial charge is 0.341 e. The number of carboxylic acids is 1. The molecule has 1 aliphatic heterocycles. The third-order valence-corrected chi connectivity index (χ3v) is 5.39. The van der Waals surface area contributed by atoms with E-state index in [0.717, 1.165) is 27.8 Å². The summed E-state index contributed by atoms with van der Waals surface area (Å²) in [6.45, 7) is 4.44. The van der Waals surface area contributed by atoms with Crippen LogP contribution in [0.15, 0.2) is 35.1 Å². The first-order chi connectivity index (χ1) is 13.3. The lowest BCUT2D eigenvalue weighted by atomic mass is 9.97. The maximum atomic E-state index is 11.3. The second kappa shape index (κ2) is 6.75. The zero-order valence-electron chi connectivity index (χ0n) is 15.4. The number of nitrogens with one attached hydrogen (secondary N) is 1. The highest BCUT2D eigenvalue weighted by Crippen LogP contribution is 2.42. The normalized spacial score (nSPS) is 19.3. The minimum Gasteiger partial charge on any atom is -0.485 e. The maximum Gasteiger partial charge on any atom is 0.341 e. The van der Waals surface area contributed by atoms with Gasteiger partial charge in [-0.15, -0.1) is 0 Å². The van der Waals surface area contributed by atoms with Crippen molar-refractivity contribution in [2.75, 3.05) is 11.9 Å². The second-order valence-corrected chi connectivity index (χ2v) is 8.14. The molecule has 146 valence electrons. The number of hydrogen-bond acceptors (Lipinski definition) is 6. The van der Waals surface area contributed by atoms with Crippen LogP contribution in [0.4, 0.5) is 5.82 Å². The van der Waals surface area contributed by atoms with E-state index in [-0.39, 0.29) is 17.3 Å². The van der Waals surface area contributed by atoms with Crippen molar-refractivity contribution in [3.05, 3.63) is 51.8 Å². The number of halogens is 1. The zero-order chi connectivity index (χ0) is 20.1. The summed E-state index contributed by atoms with van der Waals surface area (Å²) in [4.78, 5) is 15.8. The predicted molar refractivity (Wildman–Crippen MR) is 108 cm³/mol. The number of aromatic nitrogens is 3. The van der Waals surface area contributed by atoms with E-state index in [9.17, 15) is 9.90 Å². The van der Waals surface area contributed by atoms with Gasteiger partial charge >= 0.3 is 5.97 Å². The molecular formula is C19H20BrN5O3. The third-order valence-electron chi connectivity index (χ3n) is 4.93. The van der Waals surface area contributed by atoms with E-state index in [2.05, 4.69) is 37.4 Å². The van der Waals surface area contributed by atoms with Crippen LogP contribution in [0.3, 0.4) is 0 Å². The fourth-order valence-electron chi connectivity index (χ4n) is 3.45. The Balaban J connectivity index is 1.67.